The molecule has 0 amide bonds. The van der Waals surface area contributed by atoms with Crippen LogP contribution in [0.3, 0.4) is 0 Å². The molecule has 2 nitrogen and oxygen atoms in total. The van der Waals surface area contributed by atoms with Gasteiger partial charge in [0, 0.05) is 6.07 Å². The van der Waals surface area contributed by atoms with Crippen LogP contribution in [0.4, 0.5) is 8.78 Å². The van der Waals surface area contributed by atoms with Crippen molar-refractivity contribution in [3.63, 3.8) is 0 Å². The van der Waals surface area contributed by atoms with Gasteiger partial charge in [0.15, 0.2) is 0 Å². The molecular weight excluding hydrogens is 222 g/mol. The smallest absolute Gasteiger partial charge is 0.126 e. The molecule has 0 bridgehead atoms. The molecule has 3 N–H and O–H groups in total. The van der Waals surface area contributed by atoms with Crippen LogP contribution in [-0.2, 0) is 0 Å². The molecule has 0 aromatic heterocycles. The molecule has 2 rings (SSSR count). The summed E-state index contributed by atoms with van der Waals surface area (Å²) in [6, 6.07) is 3.22. The molecule has 1 aliphatic rings. The molecule has 17 heavy (non-hydrogen) atoms. The summed E-state index contributed by atoms with van der Waals surface area (Å²) in [5.41, 5.74) is 4.30. The van der Waals surface area contributed by atoms with E-state index in [0.717, 1.165) is 37.3 Å². The molecule has 0 heterocycles. The van der Waals surface area contributed by atoms with Gasteiger partial charge in [0.2, 0.25) is 0 Å². The SMILES string of the molecule is NNC(C1=CCCCC1)c1cc(F)cc(F)c1. The predicted molar refractivity (Wildman–Crippen MR) is 63.0 cm³/mol. The lowest BCUT2D eigenvalue weighted by Gasteiger charge is -2.23. The van der Waals surface area contributed by atoms with Crippen molar-refractivity contribution in [3.05, 3.63) is 47.0 Å². The molecule has 1 aromatic carbocycles. The molecule has 0 saturated carbocycles. The van der Waals surface area contributed by atoms with Gasteiger partial charge in [0.05, 0.1) is 6.04 Å². The first kappa shape index (κ1) is 12.2. The summed E-state index contributed by atoms with van der Waals surface area (Å²) in [5, 5.41) is 0. The zero-order valence-electron chi connectivity index (χ0n) is 9.55. The van der Waals surface area contributed by atoms with Crippen LogP contribution in [0.2, 0.25) is 0 Å². The molecular formula is C13H16F2N2. The molecule has 92 valence electrons. The fourth-order valence-corrected chi connectivity index (χ4v) is 2.28. The van der Waals surface area contributed by atoms with E-state index < -0.39 is 11.6 Å². The van der Waals surface area contributed by atoms with Crippen molar-refractivity contribution in [2.75, 3.05) is 0 Å². The minimum atomic E-state index is -0.573. The number of allylic oxidation sites excluding steroid dienone is 1. The van der Waals surface area contributed by atoms with Crippen LogP contribution in [0.1, 0.15) is 37.3 Å². The van der Waals surface area contributed by atoms with Gasteiger partial charge in [-0.25, -0.2) is 14.2 Å². The molecule has 4 heteroatoms. The molecule has 0 aliphatic heterocycles. The van der Waals surface area contributed by atoms with Crippen LogP contribution in [0.25, 0.3) is 0 Å². The van der Waals surface area contributed by atoms with Gasteiger partial charge in [0.25, 0.3) is 0 Å². The second-order valence-corrected chi connectivity index (χ2v) is 4.33. The summed E-state index contributed by atoms with van der Waals surface area (Å²) < 4.78 is 26.3. The Bertz CT molecular complexity index is 409. The van der Waals surface area contributed by atoms with Gasteiger partial charge in [-0.05, 0) is 43.4 Å². The van der Waals surface area contributed by atoms with E-state index >= 15 is 0 Å². The molecule has 1 unspecified atom stereocenters. The van der Waals surface area contributed by atoms with Crippen molar-refractivity contribution in [1.82, 2.24) is 5.43 Å². The zero-order chi connectivity index (χ0) is 12.3. The quantitative estimate of drug-likeness (QED) is 0.482. The van der Waals surface area contributed by atoms with E-state index in [2.05, 4.69) is 11.5 Å². The number of hydrogen-bond donors (Lipinski definition) is 2. The number of nitrogens with two attached hydrogens (primary N) is 1. The summed E-state index contributed by atoms with van der Waals surface area (Å²) in [4.78, 5) is 0. The Balaban J connectivity index is 2.31. The van der Waals surface area contributed by atoms with Crippen LogP contribution in [0.5, 0.6) is 0 Å². The Morgan fingerprint density at radius 3 is 2.35 bits per heavy atom. The zero-order valence-corrected chi connectivity index (χ0v) is 9.55. The largest absolute Gasteiger partial charge is 0.271 e. The molecule has 0 radical (unpaired) electrons. The number of nitrogens with one attached hydrogen (secondary N) is 1. The molecule has 1 atom stereocenters. The van der Waals surface area contributed by atoms with E-state index in [1.54, 1.807) is 0 Å². The van der Waals surface area contributed by atoms with Crippen LogP contribution in [-0.4, -0.2) is 0 Å². The summed E-state index contributed by atoms with van der Waals surface area (Å²) >= 11 is 0. The highest BCUT2D eigenvalue weighted by atomic mass is 19.1. The second-order valence-electron chi connectivity index (χ2n) is 4.33. The Kier molecular flexibility index (Phi) is 3.86. The van der Waals surface area contributed by atoms with E-state index in [1.165, 1.54) is 12.1 Å². The van der Waals surface area contributed by atoms with Crippen LogP contribution >= 0.6 is 0 Å². The van der Waals surface area contributed by atoms with Gasteiger partial charge < -0.3 is 0 Å². The predicted octanol–water partition coefficient (Wildman–Crippen LogP) is 2.97. The first-order chi connectivity index (χ1) is 8.20. The van der Waals surface area contributed by atoms with Gasteiger partial charge >= 0.3 is 0 Å². The number of hydrazine groups is 1. The first-order valence-corrected chi connectivity index (χ1v) is 5.82. The third-order valence-electron chi connectivity index (χ3n) is 3.08. The average Bonchev–Trinajstić information content (AvgIpc) is 2.30. The Labute approximate surface area is 99.5 Å². The number of hydrogen-bond acceptors (Lipinski definition) is 2. The van der Waals surface area contributed by atoms with E-state index in [9.17, 15) is 8.78 Å². The molecule has 0 saturated heterocycles. The topological polar surface area (TPSA) is 38.0 Å². The van der Waals surface area contributed by atoms with E-state index in [0.29, 0.717) is 5.56 Å². The van der Waals surface area contributed by atoms with Gasteiger partial charge in [-0.15, -0.1) is 0 Å². The highest BCUT2D eigenvalue weighted by Crippen LogP contribution is 2.29. The molecule has 0 spiro atoms. The maximum atomic E-state index is 13.2. The minimum absolute atomic E-state index is 0.291. The third kappa shape index (κ3) is 2.90. The maximum absolute atomic E-state index is 13.2. The number of benzene rings is 1. The Hall–Kier alpha value is -1.26. The number of halogens is 2. The van der Waals surface area contributed by atoms with Crippen molar-refractivity contribution >= 4 is 0 Å². The monoisotopic (exact) mass is 238 g/mol. The summed E-state index contributed by atoms with van der Waals surface area (Å²) in [6.45, 7) is 0. The van der Waals surface area contributed by atoms with Crippen LogP contribution in [0, 0.1) is 11.6 Å². The minimum Gasteiger partial charge on any atom is -0.271 e. The van der Waals surface area contributed by atoms with E-state index in [1.807, 2.05) is 0 Å². The second kappa shape index (κ2) is 5.38. The van der Waals surface area contributed by atoms with Gasteiger partial charge in [-0.2, -0.15) is 0 Å². The lowest BCUT2D eigenvalue weighted by molar-refractivity contribution is 0.544. The van der Waals surface area contributed by atoms with Crippen LogP contribution in [0.15, 0.2) is 29.8 Å². The summed E-state index contributed by atoms with van der Waals surface area (Å²) in [7, 11) is 0. The Morgan fingerprint density at radius 1 is 1.12 bits per heavy atom. The standard InChI is InChI=1S/C13H16F2N2/c14-11-6-10(7-12(15)8-11)13(17-16)9-4-2-1-3-5-9/h4,6-8,13,17H,1-3,5,16H2. The van der Waals surface area contributed by atoms with Gasteiger partial charge in [0.1, 0.15) is 11.6 Å². The summed E-state index contributed by atoms with van der Waals surface area (Å²) in [6.07, 6.45) is 6.30. The third-order valence-corrected chi connectivity index (χ3v) is 3.08. The van der Waals surface area contributed by atoms with Crippen molar-refractivity contribution in [2.24, 2.45) is 5.84 Å². The fraction of sp³-hybridized carbons (Fsp3) is 0.385. The molecule has 1 aliphatic carbocycles. The van der Waals surface area contributed by atoms with E-state index in [-0.39, 0.29) is 6.04 Å². The lowest BCUT2D eigenvalue weighted by atomic mass is 9.90. The van der Waals surface area contributed by atoms with Crippen molar-refractivity contribution in [3.8, 4) is 0 Å². The van der Waals surface area contributed by atoms with Crippen LogP contribution < -0.4 is 11.3 Å². The van der Waals surface area contributed by atoms with Crippen molar-refractivity contribution < 1.29 is 8.78 Å². The Morgan fingerprint density at radius 2 is 1.82 bits per heavy atom. The molecule has 0 fully saturated rings. The first-order valence-electron chi connectivity index (χ1n) is 5.82. The van der Waals surface area contributed by atoms with Gasteiger partial charge in [-0.1, -0.05) is 11.6 Å². The summed E-state index contributed by atoms with van der Waals surface area (Å²) in [5.74, 6) is 4.35. The average molecular weight is 238 g/mol. The lowest BCUT2D eigenvalue weighted by Crippen LogP contribution is -2.30. The van der Waals surface area contributed by atoms with E-state index in [4.69, 9.17) is 5.84 Å². The fourth-order valence-electron chi connectivity index (χ4n) is 2.28. The van der Waals surface area contributed by atoms with Crippen molar-refractivity contribution in [2.45, 2.75) is 31.7 Å². The highest BCUT2D eigenvalue weighted by Gasteiger charge is 2.18. The molecule has 1 aromatic rings. The van der Waals surface area contributed by atoms with Crippen molar-refractivity contribution in [1.29, 1.82) is 0 Å². The normalized spacial score (nSPS) is 17.7. The maximum Gasteiger partial charge on any atom is 0.126 e. The highest BCUT2D eigenvalue weighted by molar-refractivity contribution is 5.29. The number of rotatable bonds is 3. The van der Waals surface area contributed by atoms with Gasteiger partial charge in [-0.3, -0.25) is 5.84 Å².